The Bertz CT molecular complexity index is 639. The number of β-amino-alcohol motifs (C(OH)–C–C–N with tert-alkyl or cyclic N) is 1. The number of carbonyl (C=O) groups is 1. The zero-order chi connectivity index (χ0) is 14.8. The number of likely N-dealkylation sites (tertiary alicyclic amines) is 1. The average molecular weight is 303 g/mol. The molecule has 0 radical (unpaired) electrons. The molecule has 2 aromatic rings. The monoisotopic (exact) mass is 303 g/mol. The van der Waals surface area contributed by atoms with E-state index in [0.29, 0.717) is 19.5 Å². The van der Waals surface area contributed by atoms with E-state index in [9.17, 15) is 9.90 Å². The van der Waals surface area contributed by atoms with Crippen molar-refractivity contribution in [3.05, 3.63) is 35.3 Å². The minimum Gasteiger partial charge on any atom is -0.391 e. The number of rotatable bonds is 2. The Hall–Kier alpha value is -1.92. The lowest BCUT2D eigenvalue weighted by molar-refractivity contribution is 0.176. The van der Waals surface area contributed by atoms with Gasteiger partial charge in [-0.15, -0.1) is 11.3 Å². The highest BCUT2D eigenvalue weighted by molar-refractivity contribution is 7.13. The van der Waals surface area contributed by atoms with Gasteiger partial charge in [-0.1, -0.05) is 0 Å². The summed E-state index contributed by atoms with van der Waals surface area (Å²) in [5.74, 6) is 0. The molecule has 2 heterocycles. The number of benzene rings is 1. The number of amides is 2. The molecular formula is C15H17N3O2S. The summed E-state index contributed by atoms with van der Waals surface area (Å²) in [6.07, 6.45) is 0.252. The molecule has 0 saturated carbocycles. The first-order valence-electron chi connectivity index (χ1n) is 6.88. The lowest BCUT2D eigenvalue weighted by Crippen LogP contribution is -2.33. The van der Waals surface area contributed by atoms with Crippen LogP contribution in [0, 0.1) is 6.92 Å². The van der Waals surface area contributed by atoms with Crippen LogP contribution in [-0.2, 0) is 0 Å². The van der Waals surface area contributed by atoms with Crippen LogP contribution >= 0.6 is 11.3 Å². The van der Waals surface area contributed by atoms with Gasteiger partial charge >= 0.3 is 6.03 Å². The number of anilines is 1. The van der Waals surface area contributed by atoms with Crippen LogP contribution in [-0.4, -0.2) is 40.2 Å². The molecule has 5 nitrogen and oxygen atoms in total. The molecule has 1 saturated heterocycles. The molecule has 0 bridgehead atoms. The van der Waals surface area contributed by atoms with E-state index in [2.05, 4.69) is 10.3 Å². The summed E-state index contributed by atoms with van der Waals surface area (Å²) in [5.41, 5.74) is 2.81. The predicted octanol–water partition coefficient (Wildman–Crippen LogP) is 2.72. The van der Waals surface area contributed by atoms with E-state index in [4.69, 9.17) is 0 Å². The number of aliphatic hydroxyl groups is 1. The highest BCUT2D eigenvalue weighted by Gasteiger charge is 2.24. The fraction of sp³-hybridized carbons (Fsp3) is 0.333. The Morgan fingerprint density at radius 2 is 2.19 bits per heavy atom. The van der Waals surface area contributed by atoms with Gasteiger partial charge in [-0.2, -0.15) is 0 Å². The maximum atomic E-state index is 12.0. The summed E-state index contributed by atoms with van der Waals surface area (Å²) in [4.78, 5) is 18.1. The zero-order valence-electron chi connectivity index (χ0n) is 11.7. The van der Waals surface area contributed by atoms with Gasteiger partial charge in [0.1, 0.15) is 5.01 Å². The molecule has 2 amide bonds. The smallest absolute Gasteiger partial charge is 0.321 e. The number of hydrogen-bond donors (Lipinski definition) is 2. The fourth-order valence-corrected chi connectivity index (χ4v) is 3.12. The average Bonchev–Trinajstić information content (AvgIpc) is 3.08. The third-order valence-electron chi connectivity index (χ3n) is 3.45. The molecule has 6 heteroatoms. The third-order valence-corrected chi connectivity index (χ3v) is 4.46. The largest absolute Gasteiger partial charge is 0.391 e. The van der Waals surface area contributed by atoms with Crippen molar-refractivity contribution in [2.75, 3.05) is 18.4 Å². The summed E-state index contributed by atoms with van der Waals surface area (Å²) >= 11 is 1.61. The Kier molecular flexibility index (Phi) is 3.90. The van der Waals surface area contributed by atoms with Gasteiger partial charge in [0, 0.05) is 35.4 Å². The minimum atomic E-state index is -0.397. The van der Waals surface area contributed by atoms with Gasteiger partial charge in [-0.3, -0.25) is 0 Å². The number of aliphatic hydroxyl groups excluding tert-OH is 1. The normalized spacial score (nSPS) is 18.0. The van der Waals surface area contributed by atoms with Crippen LogP contribution in [0.3, 0.4) is 0 Å². The molecule has 0 spiro atoms. The van der Waals surface area contributed by atoms with Gasteiger partial charge in [-0.25, -0.2) is 9.78 Å². The number of nitrogens with zero attached hydrogens (tertiary/aromatic N) is 2. The van der Waals surface area contributed by atoms with Crippen molar-refractivity contribution >= 4 is 23.1 Å². The van der Waals surface area contributed by atoms with E-state index < -0.39 is 6.10 Å². The second kappa shape index (κ2) is 5.83. The zero-order valence-corrected chi connectivity index (χ0v) is 12.6. The van der Waals surface area contributed by atoms with Crippen molar-refractivity contribution in [1.82, 2.24) is 9.88 Å². The fourth-order valence-electron chi connectivity index (χ4n) is 2.31. The van der Waals surface area contributed by atoms with Gasteiger partial charge in [0.25, 0.3) is 0 Å². The first kappa shape index (κ1) is 14.0. The lowest BCUT2D eigenvalue weighted by atomic mass is 10.2. The molecule has 1 fully saturated rings. The Labute approximate surface area is 127 Å². The molecule has 0 unspecified atom stereocenters. The molecule has 1 atom stereocenters. The highest BCUT2D eigenvalue weighted by Crippen LogP contribution is 2.25. The van der Waals surface area contributed by atoms with Gasteiger partial charge in [0.2, 0.25) is 0 Å². The number of nitrogens with one attached hydrogen (secondary N) is 1. The van der Waals surface area contributed by atoms with Crippen LogP contribution in [0.4, 0.5) is 10.5 Å². The summed E-state index contributed by atoms with van der Waals surface area (Å²) in [6, 6.07) is 7.48. The van der Waals surface area contributed by atoms with Crippen molar-refractivity contribution in [3.63, 3.8) is 0 Å². The second-order valence-electron chi connectivity index (χ2n) is 5.19. The highest BCUT2D eigenvalue weighted by atomic mass is 32.1. The third kappa shape index (κ3) is 3.22. The summed E-state index contributed by atoms with van der Waals surface area (Å²) in [6.45, 7) is 2.98. The van der Waals surface area contributed by atoms with Gasteiger partial charge in [0.15, 0.2) is 0 Å². The molecule has 21 heavy (non-hydrogen) atoms. The molecule has 1 aliphatic heterocycles. The number of carbonyl (C=O) groups excluding carboxylic acids is 1. The first-order chi connectivity index (χ1) is 10.1. The van der Waals surface area contributed by atoms with Crippen molar-refractivity contribution in [2.24, 2.45) is 0 Å². The van der Waals surface area contributed by atoms with Crippen molar-refractivity contribution in [1.29, 1.82) is 0 Å². The van der Waals surface area contributed by atoms with E-state index in [0.717, 1.165) is 22.0 Å². The van der Waals surface area contributed by atoms with Crippen LogP contribution in [0.15, 0.2) is 29.6 Å². The van der Waals surface area contributed by atoms with Crippen molar-refractivity contribution in [3.8, 4) is 10.6 Å². The van der Waals surface area contributed by atoms with Crippen molar-refractivity contribution < 1.29 is 9.90 Å². The molecule has 3 rings (SSSR count). The van der Waals surface area contributed by atoms with Crippen LogP contribution in [0.5, 0.6) is 0 Å². The molecule has 1 aromatic heterocycles. The number of aromatic nitrogens is 1. The van der Waals surface area contributed by atoms with E-state index in [1.54, 1.807) is 16.2 Å². The molecular weight excluding hydrogens is 286 g/mol. The van der Waals surface area contributed by atoms with E-state index in [-0.39, 0.29) is 6.03 Å². The molecule has 2 N–H and O–H groups in total. The molecule has 110 valence electrons. The summed E-state index contributed by atoms with van der Waals surface area (Å²) < 4.78 is 0. The lowest BCUT2D eigenvalue weighted by Gasteiger charge is -2.16. The Morgan fingerprint density at radius 1 is 1.43 bits per heavy atom. The van der Waals surface area contributed by atoms with E-state index in [1.807, 2.05) is 36.6 Å². The molecule has 0 aliphatic carbocycles. The van der Waals surface area contributed by atoms with Crippen LogP contribution < -0.4 is 5.32 Å². The van der Waals surface area contributed by atoms with Gasteiger partial charge < -0.3 is 15.3 Å². The Morgan fingerprint density at radius 3 is 2.76 bits per heavy atom. The van der Waals surface area contributed by atoms with Gasteiger partial charge in [0.05, 0.1) is 6.10 Å². The molecule has 1 aliphatic rings. The first-order valence-corrected chi connectivity index (χ1v) is 7.76. The molecule has 1 aromatic carbocycles. The quantitative estimate of drug-likeness (QED) is 0.896. The Balaban J connectivity index is 1.66. The van der Waals surface area contributed by atoms with Crippen LogP contribution in [0.1, 0.15) is 12.1 Å². The maximum absolute atomic E-state index is 12.0. The topological polar surface area (TPSA) is 65.5 Å². The number of hydrogen-bond acceptors (Lipinski definition) is 4. The summed E-state index contributed by atoms with van der Waals surface area (Å²) in [7, 11) is 0. The predicted molar refractivity (Wildman–Crippen MR) is 83.5 cm³/mol. The minimum absolute atomic E-state index is 0.163. The van der Waals surface area contributed by atoms with E-state index in [1.165, 1.54) is 0 Å². The number of thiazole rings is 1. The second-order valence-corrected chi connectivity index (χ2v) is 6.05. The van der Waals surface area contributed by atoms with E-state index >= 15 is 0 Å². The number of urea groups is 1. The SMILES string of the molecule is Cc1csc(-c2ccc(NC(=O)N3CC[C@H](O)C3)cc2)n1. The van der Waals surface area contributed by atoms with Gasteiger partial charge in [-0.05, 0) is 37.6 Å². The van der Waals surface area contributed by atoms with Crippen molar-refractivity contribution in [2.45, 2.75) is 19.4 Å². The summed E-state index contributed by atoms with van der Waals surface area (Å²) in [5, 5.41) is 15.3. The van der Waals surface area contributed by atoms with Crippen LogP contribution in [0.25, 0.3) is 10.6 Å². The van der Waals surface area contributed by atoms with Crippen LogP contribution in [0.2, 0.25) is 0 Å². The number of aryl methyl sites for hydroxylation is 1. The maximum Gasteiger partial charge on any atom is 0.321 e. The standard InChI is InChI=1S/C15H17N3O2S/c1-10-9-21-14(16-10)11-2-4-12(5-3-11)17-15(20)18-7-6-13(19)8-18/h2-5,9,13,19H,6-8H2,1H3,(H,17,20)/t13-/m0/s1.